The molecular formula is C17H29N5O4. The van der Waals surface area contributed by atoms with E-state index in [0.29, 0.717) is 12.1 Å². The van der Waals surface area contributed by atoms with Gasteiger partial charge in [-0.3, -0.25) is 9.59 Å². The molecule has 1 heterocycles. The van der Waals surface area contributed by atoms with Gasteiger partial charge in [-0.25, -0.2) is 9.78 Å². The van der Waals surface area contributed by atoms with Crippen LogP contribution >= 0.6 is 0 Å². The molecule has 0 aliphatic rings. The molecule has 1 rings (SSSR count). The highest BCUT2D eigenvalue weighted by atomic mass is 16.4. The van der Waals surface area contributed by atoms with Gasteiger partial charge in [0, 0.05) is 12.6 Å². The van der Waals surface area contributed by atoms with E-state index in [1.807, 2.05) is 13.8 Å². The maximum absolute atomic E-state index is 12.6. The number of aliphatic carboxylic acids is 1. The van der Waals surface area contributed by atoms with Crippen LogP contribution in [0.2, 0.25) is 0 Å². The molecule has 0 aromatic carbocycles. The predicted octanol–water partition coefficient (Wildman–Crippen LogP) is 0.0358. The maximum atomic E-state index is 12.6. The maximum Gasteiger partial charge on any atom is 0.326 e. The minimum atomic E-state index is -1.17. The first kappa shape index (κ1) is 21.6. The second-order valence-corrected chi connectivity index (χ2v) is 7.13. The van der Waals surface area contributed by atoms with Crippen molar-refractivity contribution in [3.63, 3.8) is 0 Å². The van der Waals surface area contributed by atoms with E-state index < -0.39 is 35.9 Å². The molecule has 0 saturated heterocycles. The molecule has 9 heteroatoms. The fourth-order valence-electron chi connectivity index (χ4n) is 2.48. The summed E-state index contributed by atoms with van der Waals surface area (Å²) < 4.78 is 0. The second kappa shape index (κ2) is 9.91. The van der Waals surface area contributed by atoms with Gasteiger partial charge in [0.25, 0.3) is 0 Å². The van der Waals surface area contributed by atoms with Crippen molar-refractivity contribution in [2.45, 2.75) is 58.7 Å². The lowest BCUT2D eigenvalue weighted by atomic mass is 10.00. The Morgan fingerprint density at radius 3 is 2.31 bits per heavy atom. The third-order valence-electron chi connectivity index (χ3n) is 3.89. The number of carbonyl (C=O) groups excluding carboxylic acids is 2. The lowest BCUT2D eigenvalue weighted by molar-refractivity contribution is -0.142. The van der Waals surface area contributed by atoms with E-state index in [-0.39, 0.29) is 18.3 Å². The topological polar surface area (TPSA) is 150 Å². The van der Waals surface area contributed by atoms with Gasteiger partial charge in [-0.2, -0.15) is 0 Å². The number of aromatic amines is 1. The van der Waals surface area contributed by atoms with Crippen LogP contribution in [-0.2, 0) is 20.8 Å². The molecule has 0 saturated carbocycles. The molecule has 0 bridgehead atoms. The highest BCUT2D eigenvalue weighted by Gasteiger charge is 2.30. The van der Waals surface area contributed by atoms with Gasteiger partial charge in [0.05, 0.1) is 18.1 Å². The summed E-state index contributed by atoms with van der Waals surface area (Å²) in [7, 11) is 0. The fourth-order valence-corrected chi connectivity index (χ4v) is 2.48. The van der Waals surface area contributed by atoms with Crippen molar-refractivity contribution in [2.24, 2.45) is 17.6 Å². The molecule has 0 aliphatic heterocycles. The largest absolute Gasteiger partial charge is 0.480 e. The first-order valence-corrected chi connectivity index (χ1v) is 8.68. The molecule has 1 aromatic heterocycles. The van der Waals surface area contributed by atoms with Gasteiger partial charge in [-0.15, -0.1) is 0 Å². The van der Waals surface area contributed by atoms with E-state index in [9.17, 15) is 19.5 Å². The van der Waals surface area contributed by atoms with Crippen molar-refractivity contribution in [3.8, 4) is 0 Å². The highest BCUT2D eigenvalue weighted by Crippen LogP contribution is 2.07. The number of H-pyrrole nitrogens is 1. The Bertz CT molecular complexity index is 600. The van der Waals surface area contributed by atoms with Crippen molar-refractivity contribution in [2.75, 3.05) is 0 Å². The molecule has 3 atom stereocenters. The Labute approximate surface area is 153 Å². The molecule has 0 radical (unpaired) electrons. The summed E-state index contributed by atoms with van der Waals surface area (Å²) >= 11 is 0. The van der Waals surface area contributed by atoms with Gasteiger partial charge >= 0.3 is 5.97 Å². The van der Waals surface area contributed by atoms with Crippen molar-refractivity contribution in [3.05, 3.63) is 18.2 Å². The van der Waals surface area contributed by atoms with E-state index in [1.165, 1.54) is 6.33 Å². The monoisotopic (exact) mass is 367 g/mol. The van der Waals surface area contributed by atoms with Crippen molar-refractivity contribution in [1.29, 1.82) is 0 Å². The molecule has 3 unspecified atom stereocenters. The second-order valence-electron chi connectivity index (χ2n) is 7.13. The van der Waals surface area contributed by atoms with Crippen LogP contribution in [0, 0.1) is 11.8 Å². The summed E-state index contributed by atoms with van der Waals surface area (Å²) in [6.07, 6.45) is 3.53. The average Bonchev–Trinajstić information content (AvgIpc) is 3.03. The third-order valence-corrected chi connectivity index (χ3v) is 3.89. The predicted molar refractivity (Wildman–Crippen MR) is 96.1 cm³/mol. The summed E-state index contributed by atoms with van der Waals surface area (Å²) in [5, 5.41) is 14.5. The number of nitrogens with two attached hydrogens (primary N) is 1. The number of nitrogens with one attached hydrogen (secondary N) is 3. The summed E-state index contributed by atoms with van der Waals surface area (Å²) in [4.78, 5) is 42.9. The van der Waals surface area contributed by atoms with Gasteiger partial charge in [0.15, 0.2) is 0 Å². The normalized spacial score (nSPS) is 14.7. The van der Waals surface area contributed by atoms with Gasteiger partial charge in [0.2, 0.25) is 11.8 Å². The van der Waals surface area contributed by atoms with Crippen LogP contribution in [0.25, 0.3) is 0 Å². The van der Waals surface area contributed by atoms with Crippen molar-refractivity contribution < 1.29 is 19.5 Å². The Kier molecular flexibility index (Phi) is 8.24. The molecule has 1 aromatic rings. The first-order chi connectivity index (χ1) is 12.1. The average molecular weight is 367 g/mol. The van der Waals surface area contributed by atoms with E-state index in [0.717, 1.165) is 0 Å². The molecule has 0 spiro atoms. The first-order valence-electron chi connectivity index (χ1n) is 8.68. The minimum absolute atomic E-state index is 0.0379. The van der Waals surface area contributed by atoms with Crippen LogP contribution in [0.5, 0.6) is 0 Å². The van der Waals surface area contributed by atoms with Crippen LogP contribution in [0.3, 0.4) is 0 Å². The number of hydrogen-bond acceptors (Lipinski definition) is 5. The molecule has 26 heavy (non-hydrogen) atoms. The number of aromatic nitrogens is 2. The number of rotatable bonds is 10. The number of carbonyl (C=O) groups is 3. The Balaban J connectivity index is 2.76. The van der Waals surface area contributed by atoms with Crippen LogP contribution in [0.1, 0.15) is 39.8 Å². The number of imidazole rings is 1. The van der Waals surface area contributed by atoms with Gasteiger partial charge < -0.3 is 26.5 Å². The lowest BCUT2D eigenvalue weighted by Gasteiger charge is -2.25. The summed E-state index contributed by atoms with van der Waals surface area (Å²) in [5.41, 5.74) is 6.37. The van der Waals surface area contributed by atoms with Gasteiger partial charge in [-0.1, -0.05) is 27.7 Å². The number of carboxylic acid groups (broad SMARTS) is 1. The van der Waals surface area contributed by atoms with Crippen LogP contribution < -0.4 is 16.4 Å². The fraction of sp³-hybridized carbons (Fsp3) is 0.647. The standard InChI is InChI=1S/C17H29N5O4/c1-9(2)5-12(18)15(23)22-14(10(3)4)16(24)21-13(17(25)26)6-11-7-19-8-20-11/h7-10,12-14H,5-6,18H2,1-4H3,(H,19,20)(H,21,24)(H,22,23)(H,25,26). The van der Waals surface area contributed by atoms with Crippen LogP contribution in [0.15, 0.2) is 12.5 Å². The smallest absolute Gasteiger partial charge is 0.326 e. The van der Waals surface area contributed by atoms with Gasteiger partial charge in [0.1, 0.15) is 12.1 Å². The Morgan fingerprint density at radius 2 is 1.85 bits per heavy atom. The zero-order valence-corrected chi connectivity index (χ0v) is 15.7. The molecule has 0 aliphatic carbocycles. The Morgan fingerprint density at radius 1 is 1.19 bits per heavy atom. The molecule has 2 amide bonds. The quantitative estimate of drug-likeness (QED) is 0.394. The summed E-state index contributed by atoms with van der Waals surface area (Å²) in [6, 6.07) is -2.74. The lowest BCUT2D eigenvalue weighted by Crippen LogP contribution is -2.56. The molecule has 9 nitrogen and oxygen atoms in total. The highest BCUT2D eigenvalue weighted by molar-refractivity contribution is 5.92. The number of carboxylic acids is 1. The van der Waals surface area contributed by atoms with E-state index in [1.54, 1.807) is 20.0 Å². The van der Waals surface area contributed by atoms with Crippen molar-refractivity contribution >= 4 is 17.8 Å². The van der Waals surface area contributed by atoms with Crippen molar-refractivity contribution in [1.82, 2.24) is 20.6 Å². The van der Waals surface area contributed by atoms with Crippen LogP contribution in [-0.4, -0.2) is 51.0 Å². The minimum Gasteiger partial charge on any atom is -0.480 e. The number of amides is 2. The molecule has 146 valence electrons. The Hall–Kier alpha value is -2.42. The van der Waals surface area contributed by atoms with E-state index in [2.05, 4.69) is 20.6 Å². The summed E-state index contributed by atoms with van der Waals surface area (Å²) in [5.74, 6) is -2.15. The third kappa shape index (κ3) is 6.83. The van der Waals surface area contributed by atoms with Crippen LogP contribution in [0.4, 0.5) is 0 Å². The van der Waals surface area contributed by atoms with E-state index in [4.69, 9.17) is 5.73 Å². The molecular weight excluding hydrogens is 338 g/mol. The SMILES string of the molecule is CC(C)CC(N)C(=O)NC(C(=O)NC(Cc1c[nH]cn1)C(=O)O)C(C)C. The zero-order valence-electron chi connectivity index (χ0n) is 15.7. The number of hydrogen-bond donors (Lipinski definition) is 5. The van der Waals surface area contributed by atoms with E-state index >= 15 is 0 Å². The van der Waals surface area contributed by atoms with Gasteiger partial charge in [-0.05, 0) is 18.3 Å². The zero-order chi connectivity index (χ0) is 19.9. The number of nitrogens with zero attached hydrogens (tertiary/aromatic N) is 1. The molecule has 6 N–H and O–H groups in total. The summed E-state index contributed by atoms with van der Waals surface area (Å²) in [6.45, 7) is 7.43. The molecule has 0 fully saturated rings.